The molecule has 0 saturated carbocycles. The van der Waals surface area contributed by atoms with E-state index in [4.69, 9.17) is 10.5 Å². The number of anilines is 3. The summed E-state index contributed by atoms with van der Waals surface area (Å²) in [5.41, 5.74) is 10.1. The SMILES string of the molecule is CCc1cc(N(C)c2ccccc2N)ccc1OC. The lowest BCUT2D eigenvalue weighted by atomic mass is 10.1. The summed E-state index contributed by atoms with van der Waals surface area (Å²) in [5, 5.41) is 0. The normalized spacial score (nSPS) is 10.3. The Labute approximate surface area is 114 Å². The van der Waals surface area contributed by atoms with Crippen LogP contribution in [0, 0.1) is 0 Å². The van der Waals surface area contributed by atoms with Gasteiger partial charge in [0.1, 0.15) is 5.75 Å². The Hall–Kier alpha value is -2.16. The molecule has 0 radical (unpaired) electrons. The molecule has 0 fully saturated rings. The van der Waals surface area contributed by atoms with E-state index in [1.165, 1.54) is 5.56 Å². The molecule has 0 aliphatic carbocycles. The molecule has 19 heavy (non-hydrogen) atoms. The number of nitrogens with zero attached hydrogens (tertiary/aromatic N) is 1. The minimum absolute atomic E-state index is 0.777. The Balaban J connectivity index is 2.39. The van der Waals surface area contributed by atoms with Crippen molar-refractivity contribution in [2.24, 2.45) is 0 Å². The summed E-state index contributed by atoms with van der Waals surface area (Å²) in [6, 6.07) is 14.1. The second-order valence-corrected chi connectivity index (χ2v) is 4.47. The first kappa shape index (κ1) is 13.3. The van der Waals surface area contributed by atoms with E-state index in [9.17, 15) is 0 Å². The van der Waals surface area contributed by atoms with Gasteiger partial charge < -0.3 is 15.4 Å². The Bertz CT molecular complexity index is 566. The minimum Gasteiger partial charge on any atom is -0.496 e. The van der Waals surface area contributed by atoms with Gasteiger partial charge in [-0.3, -0.25) is 0 Å². The number of hydrogen-bond acceptors (Lipinski definition) is 3. The quantitative estimate of drug-likeness (QED) is 0.849. The van der Waals surface area contributed by atoms with Gasteiger partial charge in [-0.2, -0.15) is 0 Å². The minimum atomic E-state index is 0.777. The maximum Gasteiger partial charge on any atom is 0.122 e. The first-order valence-corrected chi connectivity index (χ1v) is 6.42. The third-order valence-electron chi connectivity index (χ3n) is 3.33. The van der Waals surface area contributed by atoms with Gasteiger partial charge in [-0.05, 0) is 42.3 Å². The highest BCUT2D eigenvalue weighted by Crippen LogP contribution is 2.31. The van der Waals surface area contributed by atoms with Crippen molar-refractivity contribution in [1.29, 1.82) is 0 Å². The van der Waals surface area contributed by atoms with Crippen molar-refractivity contribution in [3.05, 3.63) is 48.0 Å². The Morgan fingerprint density at radius 2 is 1.89 bits per heavy atom. The largest absolute Gasteiger partial charge is 0.496 e. The zero-order valence-electron chi connectivity index (χ0n) is 11.7. The summed E-state index contributed by atoms with van der Waals surface area (Å²) in [7, 11) is 3.72. The second kappa shape index (κ2) is 5.65. The molecule has 0 amide bonds. The van der Waals surface area contributed by atoms with E-state index in [0.717, 1.165) is 29.2 Å². The van der Waals surface area contributed by atoms with Crippen molar-refractivity contribution >= 4 is 17.1 Å². The molecule has 0 atom stereocenters. The molecule has 3 nitrogen and oxygen atoms in total. The Morgan fingerprint density at radius 3 is 2.53 bits per heavy atom. The molecule has 2 N–H and O–H groups in total. The first-order valence-electron chi connectivity index (χ1n) is 6.42. The molecule has 0 saturated heterocycles. The van der Waals surface area contributed by atoms with Crippen molar-refractivity contribution in [1.82, 2.24) is 0 Å². The summed E-state index contributed by atoms with van der Waals surface area (Å²) in [5.74, 6) is 0.931. The van der Waals surface area contributed by atoms with Gasteiger partial charge in [-0.1, -0.05) is 19.1 Å². The summed E-state index contributed by atoms with van der Waals surface area (Å²) in [6.45, 7) is 2.12. The van der Waals surface area contributed by atoms with Gasteiger partial charge >= 0.3 is 0 Å². The number of nitrogen functional groups attached to an aromatic ring is 1. The molecule has 100 valence electrons. The lowest BCUT2D eigenvalue weighted by Crippen LogP contribution is -2.11. The number of nitrogens with two attached hydrogens (primary N) is 1. The standard InChI is InChI=1S/C16H20N2O/c1-4-12-11-13(9-10-16(12)19-3)18(2)15-8-6-5-7-14(15)17/h5-11H,4,17H2,1-3H3. The fourth-order valence-electron chi connectivity index (χ4n) is 2.18. The predicted molar refractivity (Wildman–Crippen MR) is 81.3 cm³/mol. The van der Waals surface area contributed by atoms with Crippen molar-refractivity contribution in [2.45, 2.75) is 13.3 Å². The fraction of sp³-hybridized carbons (Fsp3) is 0.250. The smallest absolute Gasteiger partial charge is 0.122 e. The van der Waals surface area contributed by atoms with Crippen LogP contribution in [0.2, 0.25) is 0 Å². The van der Waals surface area contributed by atoms with Crippen LogP contribution < -0.4 is 15.4 Å². The average Bonchev–Trinajstić information content (AvgIpc) is 2.46. The van der Waals surface area contributed by atoms with Crippen LogP contribution >= 0.6 is 0 Å². The lowest BCUT2D eigenvalue weighted by molar-refractivity contribution is 0.410. The molecule has 2 rings (SSSR count). The molecule has 3 heteroatoms. The average molecular weight is 256 g/mol. The molecule has 0 unspecified atom stereocenters. The number of ether oxygens (including phenoxy) is 1. The topological polar surface area (TPSA) is 38.5 Å². The zero-order valence-corrected chi connectivity index (χ0v) is 11.7. The van der Waals surface area contributed by atoms with E-state index in [1.54, 1.807) is 7.11 Å². The highest BCUT2D eigenvalue weighted by molar-refractivity contribution is 5.74. The summed E-state index contributed by atoms with van der Waals surface area (Å²) < 4.78 is 5.36. The van der Waals surface area contributed by atoms with Crippen LogP contribution in [0.4, 0.5) is 17.1 Å². The van der Waals surface area contributed by atoms with Crippen LogP contribution in [-0.2, 0) is 6.42 Å². The molecular weight excluding hydrogens is 236 g/mol. The van der Waals surface area contributed by atoms with Gasteiger partial charge in [0.05, 0.1) is 18.5 Å². The van der Waals surface area contributed by atoms with Crippen LogP contribution in [0.1, 0.15) is 12.5 Å². The molecule has 0 aliphatic rings. The van der Waals surface area contributed by atoms with Crippen molar-refractivity contribution < 1.29 is 4.74 Å². The van der Waals surface area contributed by atoms with Crippen LogP contribution in [0.25, 0.3) is 0 Å². The van der Waals surface area contributed by atoms with Crippen molar-refractivity contribution in [2.75, 3.05) is 24.8 Å². The van der Waals surface area contributed by atoms with E-state index in [-0.39, 0.29) is 0 Å². The van der Waals surface area contributed by atoms with E-state index >= 15 is 0 Å². The third-order valence-corrected chi connectivity index (χ3v) is 3.33. The van der Waals surface area contributed by atoms with E-state index in [0.29, 0.717) is 0 Å². The lowest BCUT2D eigenvalue weighted by Gasteiger charge is -2.22. The summed E-state index contributed by atoms with van der Waals surface area (Å²) >= 11 is 0. The molecular formula is C16H20N2O. The summed E-state index contributed by atoms with van der Waals surface area (Å²) in [6.07, 6.45) is 0.940. The molecule has 2 aromatic rings. The number of benzene rings is 2. The highest BCUT2D eigenvalue weighted by atomic mass is 16.5. The first-order chi connectivity index (χ1) is 9.17. The van der Waals surface area contributed by atoms with Crippen LogP contribution in [0.3, 0.4) is 0 Å². The van der Waals surface area contributed by atoms with E-state index in [1.807, 2.05) is 43.4 Å². The third kappa shape index (κ3) is 2.65. The molecule has 2 aromatic carbocycles. The number of rotatable bonds is 4. The molecule has 0 heterocycles. The van der Waals surface area contributed by atoms with E-state index in [2.05, 4.69) is 17.9 Å². The van der Waals surface area contributed by atoms with Crippen molar-refractivity contribution in [3.8, 4) is 5.75 Å². The second-order valence-electron chi connectivity index (χ2n) is 4.47. The zero-order chi connectivity index (χ0) is 13.8. The monoisotopic (exact) mass is 256 g/mol. The van der Waals surface area contributed by atoms with Gasteiger partial charge in [-0.15, -0.1) is 0 Å². The van der Waals surface area contributed by atoms with E-state index < -0.39 is 0 Å². The van der Waals surface area contributed by atoms with Gasteiger partial charge in [0.2, 0.25) is 0 Å². The predicted octanol–water partition coefficient (Wildman–Crippen LogP) is 3.61. The number of para-hydroxylation sites is 2. The maximum atomic E-state index is 6.02. The fourth-order valence-corrected chi connectivity index (χ4v) is 2.18. The Kier molecular flexibility index (Phi) is 3.95. The van der Waals surface area contributed by atoms with Crippen LogP contribution in [-0.4, -0.2) is 14.2 Å². The molecule has 0 spiro atoms. The number of methoxy groups -OCH3 is 1. The summed E-state index contributed by atoms with van der Waals surface area (Å²) in [4.78, 5) is 2.09. The Morgan fingerprint density at radius 1 is 1.16 bits per heavy atom. The van der Waals surface area contributed by atoms with Crippen LogP contribution in [0.15, 0.2) is 42.5 Å². The number of aryl methyl sites for hydroxylation is 1. The highest BCUT2D eigenvalue weighted by Gasteiger charge is 2.09. The van der Waals surface area contributed by atoms with Crippen LogP contribution in [0.5, 0.6) is 5.75 Å². The molecule has 0 aromatic heterocycles. The molecule has 0 aliphatic heterocycles. The molecule has 0 bridgehead atoms. The van der Waals surface area contributed by atoms with Gasteiger partial charge in [-0.25, -0.2) is 0 Å². The maximum absolute atomic E-state index is 6.02. The number of hydrogen-bond donors (Lipinski definition) is 1. The van der Waals surface area contributed by atoms with Gasteiger partial charge in [0.25, 0.3) is 0 Å². The van der Waals surface area contributed by atoms with Gasteiger partial charge in [0.15, 0.2) is 0 Å². The van der Waals surface area contributed by atoms with Gasteiger partial charge in [0, 0.05) is 12.7 Å². The van der Waals surface area contributed by atoms with Crippen molar-refractivity contribution in [3.63, 3.8) is 0 Å².